The van der Waals surface area contributed by atoms with Crippen molar-refractivity contribution in [2.45, 2.75) is 38.5 Å². The average molecular weight is 277 g/mol. The Morgan fingerprint density at radius 1 is 1.37 bits per heavy atom. The van der Waals surface area contributed by atoms with Gasteiger partial charge in [0.15, 0.2) is 11.0 Å². The summed E-state index contributed by atoms with van der Waals surface area (Å²) in [5.41, 5.74) is 1.09. The fourth-order valence-corrected chi connectivity index (χ4v) is 3.91. The Hall–Kier alpha value is -1.47. The van der Waals surface area contributed by atoms with Crippen molar-refractivity contribution in [1.82, 2.24) is 19.7 Å². The van der Waals surface area contributed by atoms with Gasteiger partial charge in [-0.1, -0.05) is 11.3 Å². The summed E-state index contributed by atoms with van der Waals surface area (Å²) in [6.07, 6.45) is 4.36. The first kappa shape index (κ1) is 11.4. The molecule has 3 heterocycles. The van der Waals surface area contributed by atoms with Crippen LogP contribution in [0.4, 0.5) is 5.13 Å². The normalized spacial score (nSPS) is 22.2. The van der Waals surface area contributed by atoms with Crippen molar-refractivity contribution in [2.24, 2.45) is 0 Å². The van der Waals surface area contributed by atoms with Gasteiger partial charge >= 0.3 is 0 Å². The van der Waals surface area contributed by atoms with Crippen LogP contribution in [0.1, 0.15) is 35.3 Å². The molecule has 0 bridgehead atoms. The van der Waals surface area contributed by atoms with Crippen molar-refractivity contribution in [3.05, 3.63) is 22.7 Å². The highest BCUT2D eigenvalue weighted by atomic mass is 32.1. The molecule has 2 aliphatic rings. The zero-order chi connectivity index (χ0) is 12.8. The van der Waals surface area contributed by atoms with Crippen molar-refractivity contribution in [2.75, 3.05) is 11.4 Å². The molecule has 1 aliphatic heterocycles. The van der Waals surface area contributed by atoms with Gasteiger partial charge in [0, 0.05) is 13.1 Å². The van der Waals surface area contributed by atoms with Crippen LogP contribution in [0.15, 0.2) is 6.33 Å². The zero-order valence-corrected chi connectivity index (χ0v) is 11.3. The van der Waals surface area contributed by atoms with E-state index in [0.29, 0.717) is 0 Å². The molecule has 1 unspecified atom stereocenters. The van der Waals surface area contributed by atoms with Crippen LogP contribution in [0.5, 0.6) is 0 Å². The van der Waals surface area contributed by atoms with Gasteiger partial charge < -0.3 is 14.6 Å². The number of thiazole rings is 1. The van der Waals surface area contributed by atoms with E-state index in [-0.39, 0.29) is 6.10 Å². The summed E-state index contributed by atoms with van der Waals surface area (Å²) in [5, 5.41) is 19.1. The second-order valence-electron chi connectivity index (χ2n) is 5.08. The number of aromatic nitrogens is 4. The molecule has 0 aromatic carbocycles. The topological polar surface area (TPSA) is 67.1 Å². The Bertz CT molecular complexity index is 607. The van der Waals surface area contributed by atoms with Gasteiger partial charge in [-0.15, -0.1) is 10.2 Å². The van der Waals surface area contributed by atoms with E-state index in [1.807, 2.05) is 0 Å². The maximum atomic E-state index is 10.0. The number of hydrogen-bond acceptors (Lipinski definition) is 6. The summed E-state index contributed by atoms with van der Waals surface area (Å²) in [7, 11) is 0. The molecule has 6 nitrogen and oxygen atoms in total. The minimum absolute atomic E-state index is 0.316. The van der Waals surface area contributed by atoms with E-state index in [0.717, 1.165) is 60.4 Å². The maximum Gasteiger partial charge on any atom is 0.186 e. The number of hydrogen-bond donors (Lipinski definition) is 1. The molecule has 0 spiro atoms. The van der Waals surface area contributed by atoms with Crippen molar-refractivity contribution in [3.8, 4) is 0 Å². The quantitative estimate of drug-likeness (QED) is 0.846. The van der Waals surface area contributed by atoms with Crippen LogP contribution in [0.3, 0.4) is 0 Å². The molecule has 19 heavy (non-hydrogen) atoms. The number of aliphatic hydroxyl groups is 1. The molecular weight excluding hydrogens is 262 g/mol. The number of rotatable bonds is 1. The van der Waals surface area contributed by atoms with E-state index in [1.165, 1.54) is 0 Å². The van der Waals surface area contributed by atoms with E-state index in [9.17, 15) is 5.11 Å². The molecule has 2 aromatic heterocycles. The van der Waals surface area contributed by atoms with Crippen LogP contribution >= 0.6 is 11.3 Å². The minimum Gasteiger partial charge on any atom is -0.388 e. The van der Waals surface area contributed by atoms with Gasteiger partial charge in [0.2, 0.25) is 0 Å². The van der Waals surface area contributed by atoms with Gasteiger partial charge in [0.1, 0.15) is 6.33 Å². The Morgan fingerprint density at radius 2 is 2.32 bits per heavy atom. The second kappa shape index (κ2) is 4.28. The highest BCUT2D eigenvalue weighted by molar-refractivity contribution is 7.15. The van der Waals surface area contributed by atoms with E-state index in [4.69, 9.17) is 4.98 Å². The highest BCUT2D eigenvalue weighted by Crippen LogP contribution is 2.38. The highest BCUT2D eigenvalue weighted by Gasteiger charge is 2.26. The lowest BCUT2D eigenvalue weighted by atomic mass is 10.0. The molecule has 2 aromatic rings. The van der Waals surface area contributed by atoms with Crippen LogP contribution in [0.25, 0.3) is 0 Å². The summed E-state index contributed by atoms with van der Waals surface area (Å²) >= 11 is 1.63. The second-order valence-corrected chi connectivity index (χ2v) is 6.09. The molecule has 0 saturated heterocycles. The summed E-state index contributed by atoms with van der Waals surface area (Å²) in [4.78, 5) is 8.01. The summed E-state index contributed by atoms with van der Waals surface area (Å²) in [5.74, 6) is 0.986. The largest absolute Gasteiger partial charge is 0.388 e. The molecular formula is C12H15N5OS. The fourth-order valence-electron chi connectivity index (χ4n) is 2.75. The van der Waals surface area contributed by atoms with Crippen LogP contribution in [-0.2, 0) is 19.5 Å². The number of nitrogens with zero attached hydrogens (tertiary/aromatic N) is 5. The first-order valence-corrected chi connectivity index (χ1v) is 7.42. The Morgan fingerprint density at radius 3 is 3.21 bits per heavy atom. The van der Waals surface area contributed by atoms with E-state index in [2.05, 4.69) is 19.7 Å². The molecule has 4 rings (SSSR count). The Kier molecular flexibility index (Phi) is 2.56. The van der Waals surface area contributed by atoms with Gasteiger partial charge in [0.05, 0.1) is 23.2 Å². The summed E-state index contributed by atoms with van der Waals surface area (Å²) in [6, 6.07) is 0. The number of fused-ring (bicyclic) bond motifs is 2. The first-order valence-electron chi connectivity index (χ1n) is 6.60. The third-order valence-corrected chi connectivity index (χ3v) is 5.08. The molecule has 1 aliphatic carbocycles. The zero-order valence-electron chi connectivity index (χ0n) is 10.5. The minimum atomic E-state index is -0.316. The average Bonchev–Trinajstić information content (AvgIpc) is 3.04. The Labute approximate surface area is 114 Å². The van der Waals surface area contributed by atoms with Crippen molar-refractivity contribution < 1.29 is 5.11 Å². The SMILES string of the molecule is OC1CCCc2nc(N3CCn4cnnc4C3)sc21. The van der Waals surface area contributed by atoms with Crippen molar-refractivity contribution in [3.63, 3.8) is 0 Å². The van der Waals surface area contributed by atoms with Crippen LogP contribution < -0.4 is 4.90 Å². The monoisotopic (exact) mass is 277 g/mol. The van der Waals surface area contributed by atoms with Crippen molar-refractivity contribution in [1.29, 1.82) is 0 Å². The first-order chi connectivity index (χ1) is 9.31. The molecule has 7 heteroatoms. The van der Waals surface area contributed by atoms with Gasteiger partial charge in [-0.05, 0) is 19.3 Å². The van der Waals surface area contributed by atoms with Gasteiger partial charge in [-0.25, -0.2) is 4.98 Å². The predicted octanol–water partition coefficient (Wildman–Crippen LogP) is 1.12. The lowest BCUT2D eigenvalue weighted by molar-refractivity contribution is 0.160. The third kappa shape index (κ3) is 1.84. The van der Waals surface area contributed by atoms with Crippen LogP contribution in [0.2, 0.25) is 0 Å². The molecule has 1 atom stereocenters. The van der Waals surface area contributed by atoms with Gasteiger partial charge in [0.25, 0.3) is 0 Å². The lowest BCUT2D eigenvalue weighted by Crippen LogP contribution is -2.33. The van der Waals surface area contributed by atoms with Crippen molar-refractivity contribution >= 4 is 16.5 Å². The third-order valence-electron chi connectivity index (χ3n) is 3.82. The molecule has 0 radical (unpaired) electrons. The molecule has 1 N–H and O–H groups in total. The van der Waals surface area contributed by atoms with E-state index in [1.54, 1.807) is 17.7 Å². The molecule has 0 fully saturated rings. The molecule has 0 amide bonds. The van der Waals surface area contributed by atoms with E-state index >= 15 is 0 Å². The number of aryl methyl sites for hydroxylation is 1. The summed E-state index contributed by atoms with van der Waals surface area (Å²) in [6.45, 7) is 2.57. The van der Waals surface area contributed by atoms with Gasteiger partial charge in [-0.2, -0.15) is 0 Å². The maximum absolute atomic E-state index is 10.0. The summed E-state index contributed by atoms with van der Waals surface area (Å²) < 4.78 is 2.08. The molecule has 100 valence electrons. The van der Waals surface area contributed by atoms with Crippen LogP contribution in [-0.4, -0.2) is 31.4 Å². The van der Waals surface area contributed by atoms with Crippen LogP contribution in [0, 0.1) is 0 Å². The number of aliphatic hydroxyl groups excluding tert-OH is 1. The fraction of sp³-hybridized carbons (Fsp3) is 0.583. The molecule has 0 saturated carbocycles. The standard InChI is InChI=1S/C12H15N5OS/c18-9-3-1-2-8-11(9)19-12(14-8)16-4-5-17-7-13-15-10(17)6-16/h7,9,18H,1-6H2. The Balaban J connectivity index is 1.64. The smallest absolute Gasteiger partial charge is 0.186 e. The van der Waals surface area contributed by atoms with Gasteiger partial charge in [-0.3, -0.25) is 0 Å². The predicted molar refractivity (Wildman–Crippen MR) is 71.1 cm³/mol. The number of anilines is 1. The van der Waals surface area contributed by atoms with E-state index < -0.39 is 0 Å². The lowest BCUT2D eigenvalue weighted by Gasteiger charge is -2.26.